The van der Waals surface area contributed by atoms with Gasteiger partial charge in [-0.15, -0.1) is 0 Å². The van der Waals surface area contributed by atoms with Gasteiger partial charge in [-0.3, -0.25) is 5.10 Å². The van der Waals surface area contributed by atoms with Gasteiger partial charge >= 0.3 is 0 Å². The molecule has 4 nitrogen and oxygen atoms in total. The van der Waals surface area contributed by atoms with E-state index in [-0.39, 0.29) is 0 Å². The molecular formula is C22H21ClN4. The number of nitrogens with one attached hydrogen (secondary N) is 2. The molecule has 0 spiro atoms. The zero-order valence-corrected chi connectivity index (χ0v) is 16.1. The first-order valence-corrected chi connectivity index (χ1v) is 9.23. The van der Waals surface area contributed by atoms with Crippen LogP contribution in [0.15, 0.2) is 66.7 Å². The van der Waals surface area contributed by atoms with Crippen LogP contribution in [0.25, 0.3) is 22.0 Å². The van der Waals surface area contributed by atoms with E-state index in [0.717, 1.165) is 27.8 Å². The van der Waals surface area contributed by atoms with Crippen molar-refractivity contribution in [3.05, 3.63) is 77.3 Å². The van der Waals surface area contributed by atoms with Crippen molar-refractivity contribution in [2.45, 2.75) is 6.54 Å². The second kappa shape index (κ2) is 7.33. The number of rotatable bonds is 5. The molecule has 5 heteroatoms. The molecule has 0 radical (unpaired) electrons. The number of aromatic nitrogens is 2. The highest BCUT2D eigenvalue weighted by atomic mass is 35.5. The molecule has 0 amide bonds. The molecule has 0 saturated carbocycles. The standard InChI is InChI=1S/C22H21ClN4/c1-27(2)17-10-8-15(9-11-17)14-24-22-19-12-18(16-6-4-3-5-7-16)20(23)13-21(19)25-26-22/h3-13H,14H2,1-2H3,(H2,24,25,26). The second-order valence-electron chi connectivity index (χ2n) is 6.73. The summed E-state index contributed by atoms with van der Waals surface area (Å²) in [5.41, 5.74) is 5.41. The third-order valence-corrected chi connectivity index (χ3v) is 4.96. The fourth-order valence-electron chi connectivity index (χ4n) is 3.11. The van der Waals surface area contributed by atoms with E-state index in [1.54, 1.807) is 0 Å². The average molecular weight is 377 g/mol. The lowest BCUT2D eigenvalue weighted by Crippen LogP contribution is -2.08. The molecule has 0 unspecified atom stereocenters. The molecule has 3 aromatic carbocycles. The van der Waals surface area contributed by atoms with Gasteiger partial charge in [0.25, 0.3) is 0 Å². The molecule has 0 aliphatic carbocycles. The minimum atomic E-state index is 0.705. The number of H-pyrrole nitrogens is 1. The highest BCUT2D eigenvalue weighted by molar-refractivity contribution is 6.34. The predicted molar refractivity (Wildman–Crippen MR) is 115 cm³/mol. The van der Waals surface area contributed by atoms with Crippen LogP contribution in [0.3, 0.4) is 0 Å². The fraction of sp³-hybridized carbons (Fsp3) is 0.136. The molecular weight excluding hydrogens is 356 g/mol. The highest BCUT2D eigenvalue weighted by Crippen LogP contribution is 2.34. The zero-order valence-electron chi connectivity index (χ0n) is 15.3. The van der Waals surface area contributed by atoms with E-state index in [2.05, 4.69) is 62.9 Å². The minimum Gasteiger partial charge on any atom is -0.378 e. The van der Waals surface area contributed by atoms with E-state index in [1.165, 1.54) is 11.3 Å². The van der Waals surface area contributed by atoms with E-state index in [1.807, 2.05) is 38.4 Å². The van der Waals surface area contributed by atoms with Crippen molar-refractivity contribution in [2.75, 3.05) is 24.3 Å². The molecule has 2 N–H and O–H groups in total. The molecule has 1 aromatic heterocycles. The number of hydrogen-bond donors (Lipinski definition) is 2. The first-order chi connectivity index (χ1) is 13.1. The molecule has 0 atom stereocenters. The van der Waals surface area contributed by atoms with Crippen molar-refractivity contribution >= 4 is 34.0 Å². The summed E-state index contributed by atoms with van der Waals surface area (Å²) in [5, 5.41) is 12.7. The largest absolute Gasteiger partial charge is 0.378 e. The van der Waals surface area contributed by atoms with Crippen LogP contribution in [0.1, 0.15) is 5.56 Å². The molecule has 0 saturated heterocycles. The fourth-order valence-corrected chi connectivity index (χ4v) is 3.38. The van der Waals surface area contributed by atoms with Gasteiger partial charge in [0.1, 0.15) is 0 Å². The Labute approximate surface area is 163 Å². The van der Waals surface area contributed by atoms with Crippen LogP contribution in [0.2, 0.25) is 5.02 Å². The smallest absolute Gasteiger partial charge is 0.156 e. The number of benzene rings is 3. The molecule has 0 fully saturated rings. The maximum atomic E-state index is 6.49. The Kier molecular flexibility index (Phi) is 4.73. The summed E-state index contributed by atoms with van der Waals surface area (Å²) in [6.07, 6.45) is 0. The van der Waals surface area contributed by atoms with Crippen LogP contribution < -0.4 is 10.2 Å². The first-order valence-electron chi connectivity index (χ1n) is 8.85. The summed E-state index contributed by atoms with van der Waals surface area (Å²) >= 11 is 6.49. The first kappa shape index (κ1) is 17.4. The van der Waals surface area contributed by atoms with E-state index < -0.39 is 0 Å². The summed E-state index contributed by atoms with van der Waals surface area (Å²) in [7, 11) is 4.08. The number of nitrogens with zero attached hydrogens (tertiary/aromatic N) is 2. The molecule has 0 aliphatic rings. The van der Waals surface area contributed by atoms with Gasteiger partial charge < -0.3 is 10.2 Å². The Morgan fingerprint density at radius 2 is 1.74 bits per heavy atom. The summed E-state index contributed by atoms with van der Waals surface area (Å²) in [5.74, 6) is 0.829. The van der Waals surface area contributed by atoms with Crippen LogP contribution in [0.5, 0.6) is 0 Å². The van der Waals surface area contributed by atoms with Crippen LogP contribution in [0.4, 0.5) is 11.5 Å². The number of fused-ring (bicyclic) bond motifs is 1. The third kappa shape index (κ3) is 3.62. The molecule has 27 heavy (non-hydrogen) atoms. The molecule has 4 aromatic rings. The van der Waals surface area contributed by atoms with Crippen molar-refractivity contribution in [1.29, 1.82) is 0 Å². The maximum Gasteiger partial charge on any atom is 0.156 e. The molecule has 0 aliphatic heterocycles. The summed E-state index contributed by atoms with van der Waals surface area (Å²) in [6.45, 7) is 0.705. The van der Waals surface area contributed by atoms with Crippen LogP contribution in [-0.4, -0.2) is 24.3 Å². The van der Waals surface area contributed by atoms with E-state index >= 15 is 0 Å². The third-order valence-electron chi connectivity index (χ3n) is 4.65. The van der Waals surface area contributed by atoms with Crippen molar-refractivity contribution in [1.82, 2.24) is 10.2 Å². The van der Waals surface area contributed by atoms with Crippen molar-refractivity contribution in [2.24, 2.45) is 0 Å². The Morgan fingerprint density at radius 1 is 1.00 bits per heavy atom. The van der Waals surface area contributed by atoms with Gasteiger partial charge in [-0.2, -0.15) is 5.10 Å². The minimum absolute atomic E-state index is 0.705. The number of aromatic amines is 1. The highest BCUT2D eigenvalue weighted by Gasteiger charge is 2.11. The van der Waals surface area contributed by atoms with E-state index in [0.29, 0.717) is 11.6 Å². The van der Waals surface area contributed by atoms with Gasteiger partial charge in [0.15, 0.2) is 5.82 Å². The van der Waals surface area contributed by atoms with Gasteiger partial charge in [0.2, 0.25) is 0 Å². The summed E-state index contributed by atoms with van der Waals surface area (Å²) in [4.78, 5) is 2.09. The van der Waals surface area contributed by atoms with Gasteiger partial charge in [-0.05, 0) is 35.4 Å². The average Bonchev–Trinajstić information content (AvgIpc) is 3.08. The predicted octanol–water partition coefficient (Wildman–Crippen LogP) is 5.56. The van der Waals surface area contributed by atoms with Gasteiger partial charge in [0, 0.05) is 37.3 Å². The normalized spacial score (nSPS) is 10.9. The summed E-state index contributed by atoms with van der Waals surface area (Å²) < 4.78 is 0. The molecule has 4 rings (SSSR count). The topological polar surface area (TPSA) is 44.0 Å². The van der Waals surface area contributed by atoms with E-state index in [9.17, 15) is 0 Å². The SMILES string of the molecule is CN(C)c1ccc(CNc2n[nH]c3cc(Cl)c(-c4ccccc4)cc23)cc1. The Morgan fingerprint density at radius 3 is 2.44 bits per heavy atom. The van der Waals surface area contributed by atoms with Crippen molar-refractivity contribution in [3.8, 4) is 11.1 Å². The lowest BCUT2D eigenvalue weighted by molar-refractivity contribution is 1.06. The lowest BCUT2D eigenvalue weighted by atomic mass is 10.0. The van der Waals surface area contributed by atoms with Gasteiger partial charge in [0.05, 0.1) is 10.5 Å². The molecule has 0 bridgehead atoms. The maximum absolute atomic E-state index is 6.49. The quantitative estimate of drug-likeness (QED) is 0.479. The van der Waals surface area contributed by atoms with E-state index in [4.69, 9.17) is 11.6 Å². The number of hydrogen-bond acceptors (Lipinski definition) is 3. The Hall–Kier alpha value is -2.98. The summed E-state index contributed by atoms with van der Waals surface area (Å²) in [6, 6.07) is 22.7. The monoisotopic (exact) mass is 376 g/mol. The van der Waals surface area contributed by atoms with Gasteiger partial charge in [-0.1, -0.05) is 54.1 Å². The van der Waals surface area contributed by atoms with Crippen LogP contribution in [-0.2, 0) is 6.54 Å². The zero-order chi connectivity index (χ0) is 18.8. The van der Waals surface area contributed by atoms with Crippen LogP contribution >= 0.6 is 11.6 Å². The number of anilines is 2. The van der Waals surface area contributed by atoms with Crippen molar-refractivity contribution < 1.29 is 0 Å². The Bertz CT molecular complexity index is 1050. The van der Waals surface area contributed by atoms with Gasteiger partial charge in [-0.25, -0.2) is 0 Å². The lowest BCUT2D eigenvalue weighted by Gasteiger charge is -2.13. The van der Waals surface area contributed by atoms with Crippen molar-refractivity contribution in [3.63, 3.8) is 0 Å². The molecule has 136 valence electrons. The Balaban J connectivity index is 1.60. The molecule has 1 heterocycles. The van der Waals surface area contributed by atoms with Crippen LogP contribution in [0, 0.1) is 0 Å². The second-order valence-corrected chi connectivity index (χ2v) is 7.14. The number of halogens is 1.